The van der Waals surface area contributed by atoms with Crippen molar-refractivity contribution in [1.29, 1.82) is 0 Å². The van der Waals surface area contributed by atoms with Crippen LogP contribution in [-0.2, 0) is 28.7 Å². The van der Waals surface area contributed by atoms with Crippen molar-refractivity contribution in [3.63, 3.8) is 0 Å². The molecule has 0 aromatic rings. The van der Waals surface area contributed by atoms with Crippen molar-refractivity contribution in [3.8, 4) is 0 Å². The van der Waals surface area contributed by atoms with Gasteiger partial charge in [-0.05, 0) is 32.1 Å². The lowest BCUT2D eigenvalue weighted by Gasteiger charge is -2.18. The number of hydrogen-bond acceptors (Lipinski definition) is 6. The molecule has 6 fully saturated rings. The molecule has 6 aliphatic rings. The highest BCUT2D eigenvalue weighted by Crippen LogP contribution is 2.48. The summed E-state index contributed by atoms with van der Waals surface area (Å²) in [5, 5.41) is 0. The van der Waals surface area contributed by atoms with Crippen molar-refractivity contribution in [3.05, 3.63) is 0 Å². The Morgan fingerprint density at radius 2 is 0.889 bits per heavy atom. The van der Waals surface area contributed by atoms with E-state index in [0.29, 0.717) is 32.1 Å². The normalized spacial score (nSPS) is 47.0. The fraction of sp³-hybridized carbons (Fsp3) is 0.789. The number of nitrogens with zero attached hydrogens (tertiary/aromatic N) is 2. The van der Waals surface area contributed by atoms with Gasteiger partial charge in [0.2, 0.25) is 23.6 Å². The molecular formula is C19H22N2O6. The second-order valence-electron chi connectivity index (χ2n) is 8.80. The smallest absolute Gasteiger partial charge is 0.233 e. The lowest BCUT2D eigenvalue weighted by Crippen LogP contribution is -2.37. The van der Waals surface area contributed by atoms with Crippen LogP contribution in [0.1, 0.15) is 32.1 Å². The molecule has 8 heteroatoms. The quantitative estimate of drug-likeness (QED) is 0.495. The molecule has 4 saturated heterocycles. The molecule has 27 heavy (non-hydrogen) atoms. The second kappa shape index (κ2) is 5.38. The van der Waals surface area contributed by atoms with E-state index in [1.165, 1.54) is 9.80 Å². The van der Waals surface area contributed by atoms with Crippen molar-refractivity contribution >= 4 is 23.6 Å². The number of rotatable bonds is 4. The third-order valence-corrected chi connectivity index (χ3v) is 7.39. The summed E-state index contributed by atoms with van der Waals surface area (Å²) in [5.74, 6) is -1.41. The minimum absolute atomic E-state index is 0.107. The number of hydrogen-bond donors (Lipinski definition) is 0. The van der Waals surface area contributed by atoms with Gasteiger partial charge in [0.25, 0.3) is 0 Å². The summed E-state index contributed by atoms with van der Waals surface area (Å²) in [4.78, 5) is 53.1. The van der Waals surface area contributed by atoms with Crippen LogP contribution in [0.15, 0.2) is 0 Å². The monoisotopic (exact) mass is 374 g/mol. The van der Waals surface area contributed by atoms with Crippen molar-refractivity contribution in [2.45, 2.75) is 56.5 Å². The number of carbonyl (C=O) groups is 4. The van der Waals surface area contributed by atoms with E-state index in [4.69, 9.17) is 9.47 Å². The zero-order valence-electron chi connectivity index (χ0n) is 14.9. The van der Waals surface area contributed by atoms with Crippen LogP contribution in [0, 0.1) is 23.7 Å². The Morgan fingerprint density at radius 1 is 0.593 bits per heavy atom. The maximum Gasteiger partial charge on any atom is 0.233 e. The van der Waals surface area contributed by atoms with E-state index in [-0.39, 0.29) is 84.8 Å². The summed E-state index contributed by atoms with van der Waals surface area (Å²) in [6.45, 7) is 0.559. The highest BCUT2D eigenvalue weighted by atomic mass is 16.6. The lowest BCUT2D eigenvalue weighted by atomic mass is 9.81. The molecule has 8 atom stereocenters. The van der Waals surface area contributed by atoms with Gasteiger partial charge in [-0.25, -0.2) is 0 Å². The van der Waals surface area contributed by atoms with E-state index < -0.39 is 0 Å². The first-order chi connectivity index (χ1) is 13.0. The molecule has 0 spiro atoms. The Morgan fingerprint density at radius 3 is 1.19 bits per heavy atom. The van der Waals surface area contributed by atoms with Crippen molar-refractivity contribution < 1.29 is 28.7 Å². The summed E-state index contributed by atoms with van der Waals surface area (Å²) in [7, 11) is 0. The third-order valence-electron chi connectivity index (χ3n) is 7.39. The molecule has 8 nitrogen and oxygen atoms in total. The number of likely N-dealkylation sites (tertiary alicyclic amines) is 2. The van der Waals surface area contributed by atoms with Crippen LogP contribution in [0.25, 0.3) is 0 Å². The van der Waals surface area contributed by atoms with Crippen molar-refractivity contribution in [2.24, 2.45) is 23.7 Å². The van der Waals surface area contributed by atoms with Crippen LogP contribution in [0.4, 0.5) is 0 Å². The fourth-order valence-corrected chi connectivity index (χ4v) is 5.78. The third kappa shape index (κ3) is 2.29. The van der Waals surface area contributed by atoms with E-state index in [9.17, 15) is 19.2 Å². The van der Waals surface area contributed by atoms with E-state index >= 15 is 0 Å². The molecular weight excluding hydrogens is 352 g/mol. The van der Waals surface area contributed by atoms with Gasteiger partial charge < -0.3 is 9.47 Å². The lowest BCUT2D eigenvalue weighted by molar-refractivity contribution is -0.140. The molecule has 0 aromatic heterocycles. The van der Waals surface area contributed by atoms with Gasteiger partial charge in [0.05, 0.1) is 48.1 Å². The summed E-state index contributed by atoms with van der Waals surface area (Å²) in [6, 6.07) is 0. The van der Waals surface area contributed by atoms with Gasteiger partial charge >= 0.3 is 0 Å². The Labute approximate surface area is 156 Å². The Balaban J connectivity index is 1.08. The summed E-state index contributed by atoms with van der Waals surface area (Å²) >= 11 is 0. The molecule has 144 valence electrons. The molecule has 0 bridgehead atoms. The van der Waals surface area contributed by atoms with E-state index in [0.717, 1.165) is 0 Å². The molecule has 0 aromatic carbocycles. The van der Waals surface area contributed by atoms with Crippen LogP contribution in [0.3, 0.4) is 0 Å². The number of fused-ring (bicyclic) bond motifs is 4. The molecule has 2 aliphatic carbocycles. The maximum atomic E-state index is 12.6. The van der Waals surface area contributed by atoms with Gasteiger partial charge in [-0.2, -0.15) is 0 Å². The summed E-state index contributed by atoms with van der Waals surface area (Å²) < 4.78 is 10.9. The fourth-order valence-electron chi connectivity index (χ4n) is 5.78. The van der Waals surface area contributed by atoms with Gasteiger partial charge in [0.1, 0.15) is 0 Å². The number of imide groups is 2. The summed E-state index contributed by atoms with van der Waals surface area (Å²) in [6.07, 6.45) is 3.65. The molecule has 0 N–H and O–H groups in total. The number of carbonyl (C=O) groups excluding carboxylic acids is 4. The van der Waals surface area contributed by atoms with Crippen LogP contribution in [0.5, 0.6) is 0 Å². The number of epoxide rings is 2. The predicted molar refractivity (Wildman–Crippen MR) is 87.8 cm³/mol. The minimum atomic E-state index is -0.245. The Bertz CT molecular complexity index is 649. The molecule has 4 aliphatic heterocycles. The van der Waals surface area contributed by atoms with Gasteiger partial charge in [-0.1, -0.05) is 0 Å². The summed E-state index contributed by atoms with van der Waals surface area (Å²) in [5.41, 5.74) is 0. The van der Waals surface area contributed by atoms with Gasteiger partial charge in [0, 0.05) is 13.1 Å². The first-order valence-corrected chi connectivity index (χ1v) is 10.0. The molecule has 4 amide bonds. The van der Waals surface area contributed by atoms with Crippen molar-refractivity contribution in [1.82, 2.24) is 9.80 Å². The van der Waals surface area contributed by atoms with Gasteiger partial charge in [-0.15, -0.1) is 0 Å². The number of amides is 4. The maximum absolute atomic E-state index is 12.6. The SMILES string of the molecule is O=C1C2CC3OC3CC2C(=O)N1CCCN1C(=O)C2CC3OC3CC2C1=O. The molecule has 8 unspecified atom stereocenters. The zero-order valence-corrected chi connectivity index (χ0v) is 14.9. The standard InChI is InChI=1S/C19H22N2O6/c22-16-8-4-12-13(26-12)5-9(8)17(23)20(16)2-1-3-21-18(24)10-6-14-15(27-14)7-11(10)19(21)25/h8-15H,1-7H2. The van der Waals surface area contributed by atoms with Crippen LogP contribution < -0.4 is 0 Å². The molecule has 2 saturated carbocycles. The van der Waals surface area contributed by atoms with Gasteiger partial charge in [-0.3, -0.25) is 29.0 Å². The van der Waals surface area contributed by atoms with Crippen molar-refractivity contribution in [2.75, 3.05) is 13.1 Å². The topological polar surface area (TPSA) is 99.8 Å². The Kier molecular flexibility index (Phi) is 3.22. The first-order valence-electron chi connectivity index (χ1n) is 10.0. The average Bonchev–Trinajstić information content (AvgIpc) is 3.55. The highest BCUT2D eigenvalue weighted by Gasteiger charge is 2.59. The van der Waals surface area contributed by atoms with Crippen LogP contribution in [-0.4, -0.2) is 70.9 Å². The average molecular weight is 374 g/mol. The first kappa shape index (κ1) is 16.2. The van der Waals surface area contributed by atoms with E-state index in [2.05, 4.69) is 0 Å². The molecule has 4 heterocycles. The highest BCUT2D eigenvalue weighted by molar-refractivity contribution is 6.06. The van der Waals surface area contributed by atoms with E-state index in [1.54, 1.807) is 0 Å². The Hall–Kier alpha value is -1.80. The second-order valence-corrected chi connectivity index (χ2v) is 8.80. The minimum Gasteiger partial charge on any atom is -0.370 e. The largest absolute Gasteiger partial charge is 0.370 e. The predicted octanol–water partition coefficient (Wildman–Crippen LogP) is -0.299. The van der Waals surface area contributed by atoms with Gasteiger partial charge in [0.15, 0.2) is 0 Å². The van der Waals surface area contributed by atoms with E-state index in [1.807, 2.05) is 0 Å². The van der Waals surface area contributed by atoms with Crippen LogP contribution in [0.2, 0.25) is 0 Å². The van der Waals surface area contributed by atoms with Crippen LogP contribution >= 0.6 is 0 Å². The zero-order chi connectivity index (χ0) is 18.4. The molecule has 0 radical (unpaired) electrons. The number of ether oxygens (including phenoxy) is 2. The molecule has 6 rings (SSSR count).